The van der Waals surface area contributed by atoms with Crippen molar-refractivity contribution in [1.82, 2.24) is 0 Å². The van der Waals surface area contributed by atoms with Gasteiger partial charge in [-0.3, -0.25) is 0 Å². The van der Waals surface area contributed by atoms with E-state index in [1.54, 1.807) is 0 Å². The van der Waals surface area contributed by atoms with E-state index in [0.717, 1.165) is 25.7 Å². The number of alkyl halides is 1. The normalized spacial score (nSPS) is 13.0. The number of unbranched alkanes of at least 4 members (excludes halogenated alkanes) is 2. The van der Waals surface area contributed by atoms with E-state index in [0.29, 0.717) is 11.3 Å². The number of terminal acetylenes is 1. The van der Waals surface area contributed by atoms with Crippen LogP contribution >= 0.6 is 11.6 Å². The van der Waals surface area contributed by atoms with Crippen molar-refractivity contribution in [2.45, 2.75) is 44.9 Å². The molecule has 0 aromatic carbocycles. The molecule has 0 aliphatic rings. The molecule has 0 spiro atoms. The predicted octanol–water partition coefficient (Wildman–Crippen LogP) is 3.44. The molecule has 0 bridgehead atoms. The summed E-state index contributed by atoms with van der Waals surface area (Å²) in [5, 5.41) is 0.327. The van der Waals surface area contributed by atoms with Gasteiger partial charge >= 0.3 is 0 Å². The zero-order valence-electron chi connectivity index (χ0n) is 7.44. The molecule has 0 aromatic rings. The van der Waals surface area contributed by atoms with Crippen LogP contribution in [0.25, 0.3) is 0 Å². The third-order valence-corrected chi connectivity index (χ3v) is 2.50. The second-order valence-corrected chi connectivity index (χ2v) is 3.77. The molecular formula is C10H17Cl. The molecule has 11 heavy (non-hydrogen) atoms. The quantitative estimate of drug-likeness (QED) is 0.339. The Labute approximate surface area is 75.3 Å². The van der Waals surface area contributed by atoms with Crippen molar-refractivity contribution in [3.05, 3.63) is 0 Å². The van der Waals surface area contributed by atoms with Crippen LogP contribution in [-0.4, -0.2) is 5.38 Å². The highest BCUT2D eigenvalue weighted by molar-refractivity contribution is 6.20. The first-order chi connectivity index (χ1) is 5.18. The Hall–Kier alpha value is -0.150. The molecule has 1 atom stereocenters. The number of halogens is 1. The zero-order valence-corrected chi connectivity index (χ0v) is 8.19. The molecule has 0 aliphatic carbocycles. The summed E-state index contributed by atoms with van der Waals surface area (Å²) in [6.07, 6.45) is 9.39. The van der Waals surface area contributed by atoms with E-state index in [-0.39, 0.29) is 0 Å². The summed E-state index contributed by atoms with van der Waals surface area (Å²) < 4.78 is 0. The summed E-state index contributed by atoms with van der Waals surface area (Å²) in [7, 11) is 0. The second kappa shape index (κ2) is 6.55. The molecule has 1 heteroatoms. The minimum atomic E-state index is 0.327. The molecule has 0 radical (unpaired) electrons. The Balaban J connectivity index is 3.19. The van der Waals surface area contributed by atoms with Crippen LogP contribution < -0.4 is 0 Å². The molecule has 0 aliphatic heterocycles. The SMILES string of the molecule is C#CCCCCC(Cl)C(C)C. The Morgan fingerprint density at radius 1 is 1.36 bits per heavy atom. The van der Waals surface area contributed by atoms with E-state index in [1.807, 2.05) is 0 Å². The first-order valence-electron chi connectivity index (χ1n) is 4.26. The van der Waals surface area contributed by atoms with Gasteiger partial charge < -0.3 is 0 Å². The third-order valence-electron chi connectivity index (χ3n) is 1.77. The summed E-state index contributed by atoms with van der Waals surface area (Å²) in [6.45, 7) is 4.30. The molecule has 1 unspecified atom stereocenters. The van der Waals surface area contributed by atoms with Crippen molar-refractivity contribution in [2.75, 3.05) is 0 Å². The molecule has 0 saturated heterocycles. The monoisotopic (exact) mass is 172 g/mol. The van der Waals surface area contributed by atoms with Crippen LogP contribution in [0.5, 0.6) is 0 Å². The fourth-order valence-corrected chi connectivity index (χ4v) is 1.05. The van der Waals surface area contributed by atoms with E-state index in [4.69, 9.17) is 18.0 Å². The fourth-order valence-electron chi connectivity index (χ4n) is 0.900. The van der Waals surface area contributed by atoms with E-state index in [1.165, 1.54) is 0 Å². The molecule has 0 saturated carbocycles. The van der Waals surface area contributed by atoms with Gasteiger partial charge in [0.2, 0.25) is 0 Å². The average Bonchev–Trinajstić information content (AvgIpc) is 1.97. The standard InChI is InChI=1S/C10H17Cl/c1-4-5-6-7-8-10(11)9(2)3/h1,9-10H,5-8H2,2-3H3. The molecule has 0 heterocycles. The van der Waals surface area contributed by atoms with Gasteiger partial charge in [-0.25, -0.2) is 0 Å². The van der Waals surface area contributed by atoms with Crippen LogP contribution in [0.4, 0.5) is 0 Å². The van der Waals surface area contributed by atoms with Gasteiger partial charge in [0.1, 0.15) is 0 Å². The molecule has 0 nitrogen and oxygen atoms in total. The Kier molecular flexibility index (Phi) is 6.46. The maximum atomic E-state index is 6.04. The van der Waals surface area contributed by atoms with Gasteiger partial charge in [0.25, 0.3) is 0 Å². The van der Waals surface area contributed by atoms with Crippen LogP contribution in [0.2, 0.25) is 0 Å². The molecule has 0 N–H and O–H groups in total. The maximum Gasteiger partial charge on any atom is 0.0359 e. The highest BCUT2D eigenvalue weighted by Gasteiger charge is 2.07. The van der Waals surface area contributed by atoms with Crippen molar-refractivity contribution in [3.63, 3.8) is 0 Å². The van der Waals surface area contributed by atoms with E-state index >= 15 is 0 Å². The van der Waals surface area contributed by atoms with Gasteiger partial charge in [0, 0.05) is 11.8 Å². The van der Waals surface area contributed by atoms with E-state index in [2.05, 4.69) is 19.8 Å². The fraction of sp³-hybridized carbons (Fsp3) is 0.800. The molecule has 0 aromatic heterocycles. The average molecular weight is 173 g/mol. The molecule has 0 fully saturated rings. The second-order valence-electron chi connectivity index (χ2n) is 3.21. The lowest BCUT2D eigenvalue weighted by Gasteiger charge is -2.11. The Morgan fingerprint density at radius 3 is 2.45 bits per heavy atom. The van der Waals surface area contributed by atoms with Crippen LogP contribution in [-0.2, 0) is 0 Å². The van der Waals surface area contributed by atoms with Gasteiger partial charge in [0.15, 0.2) is 0 Å². The summed E-state index contributed by atoms with van der Waals surface area (Å²) in [6, 6.07) is 0. The van der Waals surface area contributed by atoms with Gasteiger partial charge in [-0.2, -0.15) is 0 Å². The van der Waals surface area contributed by atoms with E-state index < -0.39 is 0 Å². The minimum Gasteiger partial charge on any atom is -0.123 e. The van der Waals surface area contributed by atoms with Crippen molar-refractivity contribution in [2.24, 2.45) is 5.92 Å². The van der Waals surface area contributed by atoms with Gasteiger partial charge in [-0.15, -0.1) is 23.9 Å². The Morgan fingerprint density at radius 2 is 2.00 bits per heavy atom. The lowest BCUT2D eigenvalue weighted by molar-refractivity contribution is 0.538. The topological polar surface area (TPSA) is 0 Å². The lowest BCUT2D eigenvalue weighted by atomic mass is 10.0. The summed E-state index contributed by atoms with van der Waals surface area (Å²) >= 11 is 6.04. The van der Waals surface area contributed by atoms with Gasteiger partial charge in [-0.05, 0) is 18.8 Å². The molecule has 0 amide bonds. The van der Waals surface area contributed by atoms with Crippen molar-refractivity contribution in [1.29, 1.82) is 0 Å². The highest BCUT2D eigenvalue weighted by Crippen LogP contribution is 2.16. The third kappa shape index (κ3) is 6.26. The van der Waals surface area contributed by atoms with Crippen LogP contribution in [0.1, 0.15) is 39.5 Å². The van der Waals surface area contributed by atoms with Crippen molar-refractivity contribution >= 4 is 11.6 Å². The van der Waals surface area contributed by atoms with Crippen LogP contribution in [0, 0.1) is 18.3 Å². The van der Waals surface area contributed by atoms with Crippen LogP contribution in [0.3, 0.4) is 0 Å². The maximum absolute atomic E-state index is 6.04. The Bertz CT molecular complexity index is 121. The van der Waals surface area contributed by atoms with E-state index in [9.17, 15) is 0 Å². The smallest absolute Gasteiger partial charge is 0.0359 e. The summed E-state index contributed by atoms with van der Waals surface area (Å²) in [5.74, 6) is 3.21. The largest absolute Gasteiger partial charge is 0.123 e. The molecular weight excluding hydrogens is 156 g/mol. The number of rotatable bonds is 5. The van der Waals surface area contributed by atoms with Crippen molar-refractivity contribution < 1.29 is 0 Å². The minimum absolute atomic E-state index is 0.327. The zero-order chi connectivity index (χ0) is 8.69. The first-order valence-corrected chi connectivity index (χ1v) is 4.69. The molecule has 0 rings (SSSR count). The predicted molar refractivity (Wildman–Crippen MR) is 51.8 cm³/mol. The summed E-state index contributed by atoms with van der Waals surface area (Å²) in [5.41, 5.74) is 0. The highest BCUT2D eigenvalue weighted by atomic mass is 35.5. The number of hydrogen-bond acceptors (Lipinski definition) is 0. The van der Waals surface area contributed by atoms with Crippen LogP contribution in [0.15, 0.2) is 0 Å². The summed E-state index contributed by atoms with van der Waals surface area (Å²) in [4.78, 5) is 0. The van der Waals surface area contributed by atoms with Crippen molar-refractivity contribution in [3.8, 4) is 12.3 Å². The number of hydrogen-bond donors (Lipinski definition) is 0. The first kappa shape index (κ1) is 10.8. The van der Waals surface area contributed by atoms with Gasteiger partial charge in [0.05, 0.1) is 0 Å². The lowest BCUT2D eigenvalue weighted by Crippen LogP contribution is -2.06. The van der Waals surface area contributed by atoms with Gasteiger partial charge in [-0.1, -0.05) is 20.3 Å². The molecule has 64 valence electrons.